The average molecular weight is 443 g/mol. The van der Waals surface area contributed by atoms with Gasteiger partial charge in [-0.2, -0.15) is 0 Å². The molecule has 1 aliphatic carbocycles. The van der Waals surface area contributed by atoms with Crippen LogP contribution >= 0.6 is 0 Å². The van der Waals surface area contributed by atoms with E-state index >= 15 is 0 Å². The second kappa shape index (κ2) is 8.94. The molecule has 5 nitrogen and oxygen atoms in total. The summed E-state index contributed by atoms with van der Waals surface area (Å²) in [5.74, 6) is -0.759. The summed E-state index contributed by atoms with van der Waals surface area (Å²) in [6, 6.07) is 16.8. The van der Waals surface area contributed by atoms with E-state index in [1.165, 1.54) is 5.56 Å². The molecule has 2 unspecified atom stereocenters. The highest BCUT2D eigenvalue weighted by Crippen LogP contribution is 2.40. The topological polar surface area (TPSA) is 72.8 Å². The van der Waals surface area contributed by atoms with E-state index in [0.29, 0.717) is 34.9 Å². The van der Waals surface area contributed by atoms with Crippen LogP contribution in [0.5, 0.6) is 11.5 Å². The van der Waals surface area contributed by atoms with Crippen molar-refractivity contribution >= 4 is 22.7 Å². The lowest BCUT2D eigenvalue weighted by Crippen LogP contribution is -2.33. The largest absolute Gasteiger partial charge is 0.507 e. The maximum absolute atomic E-state index is 12.4. The molecule has 0 aromatic heterocycles. The first-order valence-corrected chi connectivity index (χ1v) is 10.8. The van der Waals surface area contributed by atoms with Gasteiger partial charge in [0.25, 0.3) is 0 Å². The monoisotopic (exact) mass is 442 g/mol. The molecule has 4 rings (SSSR count). The third-order valence-corrected chi connectivity index (χ3v) is 5.97. The Morgan fingerprint density at radius 1 is 0.879 bits per heavy atom. The van der Waals surface area contributed by atoms with Gasteiger partial charge in [-0.3, -0.25) is 0 Å². The highest BCUT2D eigenvalue weighted by Gasteiger charge is 2.33. The molecule has 168 valence electrons. The third kappa shape index (κ3) is 4.53. The van der Waals surface area contributed by atoms with Gasteiger partial charge in [-0.15, -0.1) is 0 Å². The van der Waals surface area contributed by atoms with Crippen LogP contribution in [0.15, 0.2) is 78.9 Å². The number of esters is 2. The lowest BCUT2D eigenvalue weighted by molar-refractivity contribution is -0.145. The molecule has 33 heavy (non-hydrogen) atoms. The molecule has 0 amide bonds. The summed E-state index contributed by atoms with van der Waals surface area (Å²) in [7, 11) is 0. The van der Waals surface area contributed by atoms with Crippen LogP contribution in [0.1, 0.15) is 36.5 Å². The minimum absolute atomic E-state index is 0.0690. The number of carbonyl (C=O) groups excluding carboxylic acids is 2. The summed E-state index contributed by atoms with van der Waals surface area (Å²) in [6.45, 7) is 10.5. The van der Waals surface area contributed by atoms with Gasteiger partial charge in [0.2, 0.25) is 0 Å². The zero-order valence-corrected chi connectivity index (χ0v) is 18.8. The minimum atomic E-state index is -0.535. The molecule has 0 spiro atoms. The fourth-order valence-electron chi connectivity index (χ4n) is 4.23. The highest BCUT2D eigenvalue weighted by molar-refractivity contribution is 5.97. The first-order chi connectivity index (χ1) is 15.7. The van der Waals surface area contributed by atoms with Gasteiger partial charge in [-0.05, 0) is 55.2 Å². The minimum Gasteiger partial charge on any atom is -0.507 e. The fourth-order valence-corrected chi connectivity index (χ4v) is 4.23. The predicted molar refractivity (Wildman–Crippen MR) is 127 cm³/mol. The van der Waals surface area contributed by atoms with Gasteiger partial charge >= 0.3 is 11.9 Å². The van der Waals surface area contributed by atoms with Gasteiger partial charge in [0.05, 0.1) is 0 Å². The van der Waals surface area contributed by atoms with E-state index in [-0.39, 0.29) is 17.2 Å². The summed E-state index contributed by atoms with van der Waals surface area (Å²) in [5.41, 5.74) is 3.72. The van der Waals surface area contributed by atoms with E-state index < -0.39 is 18.0 Å². The summed E-state index contributed by atoms with van der Waals surface area (Å²) in [5, 5.41) is 12.0. The number of carbonyl (C=O) groups is 2. The molecule has 0 aliphatic heterocycles. The van der Waals surface area contributed by atoms with E-state index in [9.17, 15) is 14.7 Å². The Hall–Kier alpha value is -3.86. The van der Waals surface area contributed by atoms with Crippen LogP contribution in [0.25, 0.3) is 10.8 Å². The van der Waals surface area contributed by atoms with E-state index in [4.69, 9.17) is 9.47 Å². The number of rotatable bonds is 5. The smallest absolute Gasteiger partial charge is 0.338 e. The zero-order valence-electron chi connectivity index (χ0n) is 18.8. The van der Waals surface area contributed by atoms with E-state index in [1.807, 2.05) is 24.3 Å². The predicted octanol–water partition coefficient (Wildman–Crippen LogP) is 5.40. The van der Waals surface area contributed by atoms with Gasteiger partial charge in [0, 0.05) is 34.3 Å². The van der Waals surface area contributed by atoms with Crippen molar-refractivity contribution in [2.75, 3.05) is 0 Å². The number of ether oxygens (including phenoxy) is 2. The normalized spacial score (nSPS) is 17.2. The molecule has 0 saturated heterocycles. The van der Waals surface area contributed by atoms with Crippen molar-refractivity contribution in [2.24, 2.45) is 0 Å². The van der Waals surface area contributed by atoms with Crippen molar-refractivity contribution < 1.29 is 24.2 Å². The Morgan fingerprint density at radius 2 is 1.55 bits per heavy atom. The molecular formula is C28H26O5. The van der Waals surface area contributed by atoms with Crippen molar-refractivity contribution in [3.8, 4) is 11.5 Å². The molecule has 0 saturated carbocycles. The molecular weight excluding hydrogens is 416 g/mol. The number of phenols is 1. The van der Waals surface area contributed by atoms with Gasteiger partial charge in [-0.25, -0.2) is 9.59 Å². The van der Waals surface area contributed by atoms with Crippen molar-refractivity contribution in [3.63, 3.8) is 0 Å². The highest BCUT2D eigenvalue weighted by atomic mass is 16.5. The number of fused-ring (bicyclic) bond motifs is 2. The first-order valence-electron chi connectivity index (χ1n) is 10.8. The van der Waals surface area contributed by atoms with Crippen LogP contribution in [0.4, 0.5) is 0 Å². The standard InChI is InChI=1S/C28H26O5/c1-16(2)27(30)32-25-11-7-10-21-23(25)13-20(14-24(21)29)22-12-18-8-5-6-9-19(18)15-26(22)33-28(31)17(3)4/h5-11,13-14,22,26,29H,1,3,12,15H2,2,4H3. The summed E-state index contributed by atoms with van der Waals surface area (Å²) < 4.78 is 11.4. The van der Waals surface area contributed by atoms with Gasteiger partial charge in [0.1, 0.15) is 17.6 Å². The Morgan fingerprint density at radius 3 is 2.21 bits per heavy atom. The van der Waals surface area contributed by atoms with Crippen LogP contribution < -0.4 is 4.74 Å². The average Bonchev–Trinajstić information content (AvgIpc) is 2.78. The molecule has 0 heterocycles. The Balaban J connectivity index is 1.80. The van der Waals surface area contributed by atoms with Crippen molar-refractivity contribution in [1.29, 1.82) is 0 Å². The zero-order chi connectivity index (χ0) is 23.7. The van der Waals surface area contributed by atoms with Gasteiger partial charge in [-0.1, -0.05) is 49.6 Å². The number of benzene rings is 3. The molecule has 0 fully saturated rings. The SMILES string of the molecule is C=C(C)C(=O)Oc1cccc2c(O)cc(C3Cc4ccccc4CC3OC(=O)C(=C)C)cc12. The fraction of sp³-hybridized carbons (Fsp3) is 0.214. The summed E-state index contributed by atoms with van der Waals surface area (Å²) in [6.07, 6.45) is 0.777. The summed E-state index contributed by atoms with van der Waals surface area (Å²) >= 11 is 0. The lowest BCUT2D eigenvalue weighted by Gasteiger charge is -2.33. The van der Waals surface area contributed by atoms with Crippen molar-refractivity contribution in [3.05, 3.63) is 95.6 Å². The number of phenolic OH excluding ortho intramolecular Hbond substituents is 1. The van der Waals surface area contributed by atoms with Gasteiger partial charge < -0.3 is 14.6 Å². The Labute approximate surface area is 193 Å². The Bertz CT molecular complexity index is 1290. The quantitative estimate of drug-likeness (QED) is 0.326. The van der Waals surface area contributed by atoms with Crippen LogP contribution in [0.3, 0.4) is 0 Å². The van der Waals surface area contributed by atoms with Crippen LogP contribution in [-0.2, 0) is 27.2 Å². The van der Waals surface area contributed by atoms with Crippen LogP contribution in [0.2, 0.25) is 0 Å². The first kappa shape index (κ1) is 22.3. The Kier molecular flexibility index (Phi) is 6.05. The maximum Gasteiger partial charge on any atom is 0.338 e. The second-order valence-electron chi connectivity index (χ2n) is 8.57. The van der Waals surface area contributed by atoms with Crippen LogP contribution in [-0.4, -0.2) is 23.1 Å². The van der Waals surface area contributed by atoms with E-state index in [0.717, 1.165) is 11.1 Å². The number of hydrogen-bond donors (Lipinski definition) is 1. The maximum atomic E-state index is 12.4. The number of hydrogen-bond acceptors (Lipinski definition) is 5. The molecule has 1 N–H and O–H groups in total. The molecule has 0 bridgehead atoms. The lowest BCUT2D eigenvalue weighted by atomic mass is 9.77. The van der Waals surface area contributed by atoms with Crippen molar-refractivity contribution in [1.82, 2.24) is 0 Å². The molecule has 1 aliphatic rings. The van der Waals surface area contributed by atoms with E-state index in [1.54, 1.807) is 38.1 Å². The summed E-state index contributed by atoms with van der Waals surface area (Å²) in [4.78, 5) is 24.5. The molecule has 3 aromatic carbocycles. The third-order valence-electron chi connectivity index (χ3n) is 5.97. The van der Waals surface area contributed by atoms with E-state index in [2.05, 4.69) is 19.2 Å². The van der Waals surface area contributed by atoms with Gasteiger partial charge in [0.15, 0.2) is 0 Å². The van der Waals surface area contributed by atoms with Crippen molar-refractivity contribution in [2.45, 2.75) is 38.7 Å². The molecule has 5 heteroatoms. The second-order valence-corrected chi connectivity index (χ2v) is 8.57. The molecule has 2 atom stereocenters. The molecule has 0 radical (unpaired) electrons. The van der Waals surface area contributed by atoms with Crippen LogP contribution in [0, 0.1) is 0 Å². The molecule has 3 aromatic rings. The number of aromatic hydroxyl groups is 1.